The molecule has 4 bridgehead atoms. The molecule has 5 rings (SSSR count). The van der Waals surface area contributed by atoms with Crippen LogP contribution in [-0.4, -0.2) is 32.2 Å². The van der Waals surface area contributed by atoms with Gasteiger partial charge in [0.2, 0.25) is 15.9 Å². The molecule has 152 valence electrons. The van der Waals surface area contributed by atoms with E-state index in [-0.39, 0.29) is 35.1 Å². The lowest BCUT2D eigenvalue weighted by atomic mass is 9.53. The maximum atomic E-state index is 12.5. The fourth-order valence-corrected chi connectivity index (χ4v) is 6.90. The highest BCUT2D eigenvalue weighted by molar-refractivity contribution is 7.89. The molecule has 4 aliphatic rings. The number of rotatable bonds is 7. The molecule has 0 atom stereocenters. The van der Waals surface area contributed by atoms with Crippen LogP contribution in [0.2, 0.25) is 0 Å². The summed E-state index contributed by atoms with van der Waals surface area (Å²) in [4.78, 5) is 23.9. The molecule has 4 aliphatic carbocycles. The Balaban J connectivity index is 1.30. The second kappa shape index (κ2) is 7.26. The number of hydrogen-bond acceptors (Lipinski definition) is 4. The summed E-state index contributed by atoms with van der Waals surface area (Å²) in [5, 5.41) is 3.26. The summed E-state index contributed by atoms with van der Waals surface area (Å²) in [6.07, 6.45) is 7.33. The van der Waals surface area contributed by atoms with Crippen LogP contribution in [0.4, 0.5) is 0 Å². The van der Waals surface area contributed by atoms with E-state index < -0.39 is 10.0 Å². The third-order valence-corrected chi connectivity index (χ3v) is 8.14. The predicted octanol–water partition coefficient (Wildman–Crippen LogP) is 2.64. The highest BCUT2D eigenvalue weighted by atomic mass is 32.2. The van der Waals surface area contributed by atoms with E-state index in [0.29, 0.717) is 5.56 Å². The van der Waals surface area contributed by atoms with Crippen LogP contribution >= 0.6 is 0 Å². The Bertz CT molecular complexity index is 841. The molecule has 0 spiro atoms. The molecule has 7 heteroatoms. The zero-order chi connectivity index (χ0) is 19.9. The molecule has 0 heterocycles. The van der Waals surface area contributed by atoms with Crippen LogP contribution in [0.15, 0.2) is 29.2 Å². The molecule has 4 saturated carbocycles. The number of carbonyl (C=O) groups is 2. The van der Waals surface area contributed by atoms with E-state index in [2.05, 4.69) is 10.0 Å². The molecule has 1 amide bonds. The molecule has 0 unspecified atom stereocenters. The van der Waals surface area contributed by atoms with Gasteiger partial charge in [0.1, 0.15) is 0 Å². The third-order valence-electron chi connectivity index (χ3n) is 6.66. The molecule has 4 fully saturated rings. The monoisotopic (exact) mass is 404 g/mol. The van der Waals surface area contributed by atoms with Crippen molar-refractivity contribution < 1.29 is 18.0 Å². The molecule has 2 N–H and O–H groups in total. The van der Waals surface area contributed by atoms with Gasteiger partial charge in [0.25, 0.3) is 0 Å². The molecule has 1 aromatic carbocycles. The molecule has 0 radical (unpaired) electrons. The quantitative estimate of drug-likeness (QED) is 0.684. The van der Waals surface area contributed by atoms with Crippen molar-refractivity contribution >= 4 is 21.7 Å². The fraction of sp³-hybridized carbons (Fsp3) is 0.619. The zero-order valence-electron chi connectivity index (χ0n) is 16.2. The van der Waals surface area contributed by atoms with Crippen LogP contribution in [0.25, 0.3) is 0 Å². The normalized spacial score (nSPS) is 31.0. The van der Waals surface area contributed by atoms with Crippen molar-refractivity contribution in [1.82, 2.24) is 10.0 Å². The van der Waals surface area contributed by atoms with Crippen molar-refractivity contribution in [2.24, 2.45) is 17.8 Å². The first-order chi connectivity index (χ1) is 13.2. The number of Topliss-reactive ketones (excluding diaryl/α,β-unsaturated/α-hetero) is 1. The van der Waals surface area contributed by atoms with Gasteiger partial charge < -0.3 is 5.32 Å². The van der Waals surface area contributed by atoms with Crippen LogP contribution in [0.5, 0.6) is 0 Å². The lowest BCUT2D eigenvalue weighted by Crippen LogP contribution is -2.60. The Hall–Kier alpha value is -1.73. The lowest BCUT2D eigenvalue weighted by Gasteiger charge is -2.56. The number of benzene rings is 1. The van der Waals surface area contributed by atoms with Crippen molar-refractivity contribution in [2.75, 3.05) is 6.54 Å². The highest BCUT2D eigenvalue weighted by Crippen LogP contribution is 2.55. The maximum absolute atomic E-state index is 12.5. The van der Waals surface area contributed by atoms with Crippen molar-refractivity contribution in [3.05, 3.63) is 29.8 Å². The van der Waals surface area contributed by atoms with E-state index in [1.54, 1.807) is 0 Å². The first-order valence-electron chi connectivity index (χ1n) is 10.2. The first-order valence-corrected chi connectivity index (χ1v) is 11.6. The van der Waals surface area contributed by atoms with Crippen LogP contribution in [0.3, 0.4) is 0 Å². The van der Waals surface area contributed by atoms with Gasteiger partial charge >= 0.3 is 0 Å². The Labute approximate surface area is 166 Å². The SMILES string of the molecule is CC(=O)c1ccc(S(=O)(=O)NCCC(=O)NC23CC4CC(CC(C4)C2)C3)cc1. The summed E-state index contributed by atoms with van der Waals surface area (Å²) >= 11 is 0. The van der Waals surface area contributed by atoms with Gasteiger partial charge in [0, 0.05) is 24.1 Å². The average Bonchev–Trinajstić information content (AvgIpc) is 2.60. The van der Waals surface area contributed by atoms with E-state index in [4.69, 9.17) is 0 Å². The molecule has 28 heavy (non-hydrogen) atoms. The average molecular weight is 405 g/mol. The fourth-order valence-electron chi connectivity index (χ4n) is 5.87. The van der Waals surface area contributed by atoms with Crippen LogP contribution < -0.4 is 10.0 Å². The lowest BCUT2D eigenvalue weighted by molar-refractivity contribution is -0.126. The topological polar surface area (TPSA) is 92.3 Å². The largest absolute Gasteiger partial charge is 0.351 e. The summed E-state index contributed by atoms with van der Waals surface area (Å²) in [6.45, 7) is 1.50. The van der Waals surface area contributed by atoms with Gasteiger partial charge in [0.05, 0.1) is 4.90 Å². The molecular weight excluding hydrogens is 376 g/mol. The van der Waals surface area contributed by atoms with Crippen LogP contribution in [0, 0.1) is 17.8 Å². The van der Waals surface area contributed by atoms with E-state index in [0.717, 1.165) is 37.0 Å². The second-order valence-corrected chi connectivity index (χ2v) is 10.7. The van der Waals surface area contributed by atoms with E-state index in [1.807, 2.05) is 0 Å². The Morgan fingerprint density at radius 1 is 1.00 bits per heavy atom. The van der Waals surface area contributed by atoms with E-state index in [9.17, 15) is 18.0 Å². The third kappa shape index (κ3) is 4.01. The molecule has 6 nitrogen and oxygen atoms in total. The minimum absolute atomic E-state index is 0.0484. The van der Waals surface area contributed by atoms with Gasteiger partial charge in [-0.15, -0.1) is 0 Å². The minimum atomic E-state index is -3.69. The standard InChI is InChI=1S/C21H28N2O4S/c1-14(24)18-2-4-19(5-3-18)28(26,27)22-7-6-20(25)23-21-11-15-8-16(12-21)10-17(9-15)13-21/h2-5,15-17,22H,6-13H2,1H3,(H,23,25). The van der Waals surface area contributed by atoms with Crippen LogP contribution in [-0.2, 0) is 14.8 Å². The number of carbonyl (C=O) groups excluding carboxylic acids is 2. The molecule has 0 saturated heterocycles. The Morgan fingerprint density at radius 3 is 2.04 bits per heavy atom. The maximum Gasteiger partial charge on any atom is 0.240 e. The van der Waals surface area contributed by atoms with Crippen molar-refractivity contribution in [3.8, 4) is 0 Å². The van der Waals surface area contributed by atoms with Gasteiger partial charge in [-0.25, -0.2) is 13.1 Å². The van der Waals surface area contributed by atoms with Gasteiger partial charge in [0.15, 0.2) is 5.78 Å². The number of amides is 1. The highest BCUT2D eigenvalue weighted by Gasteiger charge is 2.51. The minimum Gasteiger partial charge on any atom is -0.351 e. The predicted molar refractivity (Wildman–Crippen MR) is 105 cm³/mol. The smallest absolute Gasteiger partial charge is 0.240 e. The zero-order valence-corrected chi connectivity index (χ0v) is 17.1. The first kappa shape index (κ1) is 19.6. The summed E-state index contributed by atoms with van der Waals surface area (Å²) in [5.41, 5.74) is 0.418. The van der Waals surface area contributed by atoms with E-state index >= 15 is 0 Å². The number of sulfonamides is 1. The molecule has 1 aromatic rings. The summed E-state index contributed by atoms with van der Waals surface area (Å²) in [6, 6.07) is 5.82. The van der Waals surface area contributed by atoms with Crippen LogP contribution in [0.1, 0.15) is 62.2 Å². The van der Waals surface area contributed by atoms with E-state index in [1.165, 1.54) is 50.5 Å². The van der Waals surface area contributed by atoms with Gasteiger partial charge in [-0.1, -0.05) is 12.1 Å². The van der Waals surface area contributed by atoms with Gasteiger partial charge in [-0.3, -0.25) is 9.59 Å². The summed E-state index contributed by atoms with van der Waals surface area (Å²) < 4.78 is 27.2. The van der Waals surface area contributed by atoms with Crippen molar-refractivity contribution in [3.63, 3.8) is 0 Å². The summed E-state index contributed by atoms with van der Waals surface area (Å²) in [7, 11) is -3.69. The second-order valence-electron chi connectivity index (χ2n) is 8.97. The molecular formula is C21H28N2O4S. The Morgan fingerprint density at radius 2 is 1.54 bits per heavy atom. The number of ketones is 1. The summed E-state index contributed by atoms with van der Waals surface area (Å²) in [5.74, 6) is 2.07. The molecule has 0 aliphatic heterocycles. The number of nitrogens with one attached hydrogen (secondary N) is 2. The van der Waals surface area contributed by atoms with Gasteiger partial charge in [-0.05, 0) is 75.3 Å². The van der Waals surface area contributed by atoms with Crippen molar-refractivity contribution in [1.29, 1.82) is 0 Å². The van der Waals surface area contributed by atoms with Crippen molar-refractivity contribution in [2.45, 2.75) is 62.3 Å². The Kier molecular flexibility index (Phi) is 5.08. The number of hydrogen-bond donors (Lipinski definition) is 2. The van der Waals surface area contributed by atoms with Gasteiger partial charge in [-0.2, -0.15) is 0 Å². The molecule has 0 aromatic heterocycles.